The number of aromatic nitrogens is 4. The van der Waals surface area contributed by atoms with E-state index >= 15 is 0 Å². The molecule has 3 aromatic rings. The van der Waals surface area contributed by atoms with Gasteiger partial charge in [-0.1, -0.05) is 0 Å². The van der Waals surface area contributed by atoms with Crippen LogP contribution in [0.15, 0.2) is 41.3 Å². The highest BCUT2D eigenvalue weighted by Gasteiger charge is 2.23. The van der Waals surface area contributed by atoms with E-state index in [2.05, 4.69) is 25.7 Å². The predicted molar refractivity (Wildman–Crippen MR) is 102 cm³/mol. The third-order valence-electron chi connectivity index (χ3n) is 4.71. The molecule has 0 aliphatic carbocycles. The van der Waals surface area contributed by atoms with Crippen molar-refractivity contribution in [2.45, 2.75) is 18.9 Å². The number of amides is 2. The summed E-state index contributed by atoms with van der Waals surface area (Å²) in [5.41, 5.74) is 1.76. The van der Waals surface area contributed by atoms with Crippen molar-refractivity contribution in [1.82, 2.24) is 24.9 Å². The molecule has 1 fully saturated rings. The van der Waals surface area contributed by atoms with Crippen molar-refractivity contribution in [2.24, 2.45) is 14.1 Å². The molecule has 0 saturated carbocycles. The van der Waals surface area contributed by atoms with Crippen LogP contribution in [0.5, 0.6) is 0 Å². The highest BCUT2D eigenvalue weighted by Crippen LogP contribution is 2.22. The Morgan fingerprint density at radius 1 is 1.37 bits per heavy atom. The minimum absolute atomic E-state index is 0.0803. The summed E-state index contributed by atoms with van der Waals surface area (Å²) in [5.74, 6) is 1.28. The summed E-state index contributed by atoms with van der Waals surface area (Å²) in [7, 11) is 3.69. The molecule has 1 saturated heterocycles. The number of hydrogen-bond donors (Lipinski definition) is 2. The molecule has 0 spiro atoms. The number of furan rings is 1. The molecule has 0 aromatic carbocycles. The first-order chi connectivity index (χ1) is 13.1. The normalized spacial score (nSPS) is 17.1. The van der Waals surface area contributed by atoms with Crippen LogP contribution in [-0.4, -0.2) is 44.7 Å². The number of hydrogen-bond acceptors (Lipinski definition) is 5. The SMILES string of the molecule is Cn1cc(N2CCC[C@@H](NC(=O)Nc3cc(-c4ccco4)nn3C)C2)cn1. The van der Waals surface area contributed by atoms with Crippen LogP contribution in [0.2, 0.25) is 0 Å². The van der Waals surface area contributed by atoms with Crippen molar-refractivity contribution in [3.8, 4) is 11.5 Å². The van der Waals surface area contributed by atoms with Crippen molar-refractivity contribution in [3.05, 3.63) is 36.9 Å². The molecule has 1 atom stereocenters. The average molecular weight is 369 g/mol. The number of aryl methyl sites for hydroxylation is 2. The zero-order valence-corrected chi connectivity index (χ0v) is 15.4. The molecule has 9 nitrogen and oxygen atoms in total. The van der Waals surface area contributed by atoms with Crippen molar-refractivity contribution in [3.63, 3.8) is 0 Å². The highest BCUT2D eigenvalue weighted by atomic mass is 16.3. The Labute approximate surface area is 156 Å². The molecular weight excluding hydrogens is 346 g/mol. The van der Waals surface area contributed by atoms with Crippen LogP contribution in [0.25, 0.3) is 11.5 Å². The maximum absolute atomic E-state index is 12.5. The van der Waals surface area contributed by atoms with Gasteiger partial charge in [0.05, 0.1) is 18.1 Å². The van der Waals surface area contributed by atoms with Crippen LogP contribution in [0.4, 0.5) is 16.3 Å². The van der Waals surface area contributed by atoms with E-state index in [1.807, 2.05) is 25.5 Å². The first-order valence-electron chi connectivity index (χ1n) is 8.97. The van der Waals surface area contributed by atoms with Crippen molar-refractivity contribution in [2.75, 3.05) is 23.3 Å². The Morgan fingerprint density at radius 2 is 2.26 bits per heavy atom. The van der Waals surface area contributed by atoms with E-state index in [0.29, 0.717) is 17.3 Å². The lowest BCUT2D eigenvalue weighted by Crippen LogP contribution is -2.49. The first-order valence-corrected chi connectivity index (χ1v) is 8.97. The molecule has 9 heteroatoms. The number of carbonyl (C=O) groups excluding carboxylic acids is 1. The molecule has 4 heterocycles. The minimum atomic E-state index is -0.234. The second-order valence-electron chi connectivity index (χ2n) is 6.77. The Kier molecular flexibility index (Phi) is 4.57. The number of nitrogens with zero attached hydrogens (tertiary/aromatic N) is 5. The third-order valence-corrected chi connectivity index (χ3v) is 4.71. The van der Waals surface area contributed by atoms with Crippen molar-refractivity contribution in [1.29, 1.82) is 0 Å². The van der Waals surface area contributed by atoms with Crippen LogP contribution < -0.4 is 15.5 Å². The molecule has 3 aromatic heterocycles. The van der Waals surface area contributed by atoms with E-state index in [-0.39, 0.29) is 12.1 Å². The van der Waals surface area contributed by atoms with Crippen LogP contribution in [-0.2, 0) is 14.1 Å². The first kappa shape index (κ1) is 17.2. The van der Waals surface area contributed by atoms with Gasteiger partial charge in [0.1, 0.15) is 11.5 Å². The highest BCUT2D eigenvalue weighted by molar-refractivity contribution is 5.89. The van der Waals surface area contributed by atoms with E-state index in [0.717, 1.165) is 31.6 Å². The second kappa shape index (κ2) is 7.18. The van der Waals surface area contributed by atoms with Gasteiger partial charge in [-0.25, -0.2) is 4.79 Å². The molecule has 4 rings (SSSR count). The summed E-state index contributed by atoms with van der Waals surface area (Å²) in [6, 6.07) is 5.28. The lowest BCUT2D eigenvalue weighted by Gasteiger charge is -2.33. The lowest BCUT2D eigenvalue weighted by atomic mass is 10.1. The average Bonchev–Trinajstić information content (AvgIpc) is 3.37. The monoisotopic (exact) mass is 369 g/mol. The lowest BCUT2D eigenvalue weighted by molar-refractivity contribution is 0.246. The molecular formula is C18H23N7O2. The number of rotatable bonds is 4. The molecule has 0 bridgehead atoms. The summed E-state index contributed by atoms with van der Waals surface area (Å²) in [6.45, 7) is 1.74. The molecule has 27 heavy (non-hydrogen) atoms. The van der Waals surface area contributed by atoms with Crippen molar-refractivity contribution < 1.29 is 9.21 Å². The molecule has 0 unspecified atom stereocenters. The largest absolute Gasteiger partial charge is 0.463 e. The Balaban J connectivity index is 1.36. The Bertz CT molecular complexity index is 912. The van der Waals surface area contributed by atoms with Crippen LogP contribution in [0, 0.1) is 0 Å². The van der Waals surface area contributed by atoms with E-state index < -0.39 is 0 Å². The van der Waals surface area contributed by atoms with Gasteiger partial charge in [-0.2, -0.15) is 10.2 Å². The molecule has 0 radical (unpaired) electrons. The standard InChI is InChI=1S/C18H23N7O2/c1-23-12-14(10-19-23)25-7-3-5-13(11-25)20-18(26)21-17-9-15(22-24(17)2)16-6-4-8-27-16/h4,6,8-10,12-13H,3,5,7,11H2,1-2H3,(H2,20,21,26)/t13-/m1/s1. The van der Waals surface area contributed by atoms with E-state index in [1.165, 1.54) is 0 Å². The predicted octanol–water partition coefficient (Wildman–Crippen LogP) is 2.20. The smallest absolute Gasteiger partial charge is 0.320 e. The summed E-state index contributed by atoms with van der Waals surface area (Å²) < 4.78 is 8.77. The quantitative estimate of drug-likeness (QED) is 0.735. The van der Waals surface area contributed by atoms with E-state index in [4.69, 9.17) is 4.42 Å². The second-order valence-corrected chi connectivity index (χ2v) is 6.77. The summed E-state index contributed by atoms with van der Waals surface area (Å²) in [4.78, 5) is 14.7. The van der Waals surface area contributed by atoms with Crippen LogP contribution in [0.1, 0.15) is 12.8 Å². The fourth-order valence-electron chi connectivity index (χ4n) is 3.37. The number of carbonyl (C=O) groups is 1. The van der Waals surface area contributed by atoms with Crippen LogP contribution in [0.3, 0.4) is 0 Å². The molecule has 1 aliphatic heterocycles. The Morgan fingerprint density at radius 3 is 3.00 bits per heavy atom. The molecule has 142 valence electrons. The number of nitrogens with one attached hydrogen (secondary N) is 2. The zero-order chi connectivity index (χ0) is 18.8. The van der Waals surface area contributed by atoms with Crippen LogP contribution >= 0.6 is 0 Å². The zero-order valence-electron chi connectivity index (χ0n) is 15.4. The van der Waals surface area contributed by atoms with Gasteiger partial charge in [0, 0.05) is 45.5 Å². The molecule has 1 aliphatic rings. The maximum Gasteiger partial charge on any atom is 0.320 e. The summed E-state index contributed by atoms with van der Waals surface area (Å²) >= 11 is 0. The van der Waals surface area contributed by atoms with Gasteiger partial charge in [0.2, 0.25) is 0 Å². The number of piperidine rings is 1. The van der Waals surface area contributed by atoms with E-state index in [1.54, 1.807) is 34.8 Å². The fourth-order valence-corrected chi connectivity index (χ4v) is 3.37. The van der Waals surface area contributed by atoms with Gasteiger partial charge in [0.25, 0.3) is 0 Å². The van der Waals surface area contributed by atoms with Gasteiger partial charge in [0.15, 0.2) is 5.76 Å². The van der Waals surface area contributed by atoms with Gasteiger partial charge >= 0.3 is 6.03 Å². The van der Waals surface area contributed by atoms with Gasteiger partial charge in [-0.3, -0.25) is 14.7 Å². The molecule has 2 N–H and O–H groups in total. The minimum Gasteiger partial charge on any atom is -0.463 e. The summed E-state index contributed by atoms with van der Waals surface area (Å²) in [6.07, 6.45) is 7.42. The van der Waals surface area contributed by atoms with Crippen molar-refractivity contribution >= 4 is 17.5 Å². The Hall–Kier alpha value is -3.23. The van der Waals surface area contributed by atoms with Gasteiger partial charge in [-0.15, -0.1) is 0 Å². The third kappa shape index (κ3) is 3.81. The number of urea groups is 1. The molecule has 2 amide bonds. The maximum atomic E-state index is 12.5. The summed E-state index contributed by atoms with van der Waals surface area (Å²) in [5, 5.41) is 14.5. The topological polar surface area (TPSA) is 93.1 Å². The fraction of sp³-hybridized carbons (Fsp3) is 0.389. The van der Waals surface area contributed by atoms with Gasteiger partial charge in [-0.05, 0) is 25.0 Å². The van der Waals surface area contributed by atoms with E-state index in [9.17, 15) is 4.79 Å². The number of anilines is 2. The van der Waals surface area contributed by atoms with Gasteiger partial charge < -0.3 is 14.6 Å².